The molecule has 0 aromatic rings. The van der Waals surface area contributed by atoms with E-state index in [-0.39, 0.29) is 0 Å². The Labute approximate surface area is 82.5 Å². The van der Waals surface area contributed by atoms with E-state index in [0.717, 1.165) is 24.8 Å². The van der Waals surface area contributed by atoms with E-state index in [4.69, 9.17) is 5.73 Å². The smallest absolute Gasteiger partial charge is 0.00790 e. The van der Waals surface area contributed by atoms with Crippen molar-refractivity contribution < 1.29 is 0 Å². The van der Waals surface area contributed by atoms with Crippen LogP contribution >= 0.6 is 0 Å². The van der Waals surface area contributed by atoms with Crippen molar-refractivity contribution in [1.29, 1.82) is 0 Å². The van der Waals surface area contributed by atoms with Crippen molar-refractivity contribution in [2.75, 3.05) is 19.6 Å². The van der Waals surface area contributed by atoms with E-state index in [9.17, 15) is 0 Å². The van der Waals surface area contributed by atoms with Crippen LogP contribution in [0.3, 0.4) is 0 Å². The summed E-state index contributed by atoms with van der Waals surface area (Å²) in [6.07, 6.45) is 2.53. The number of rotatable bonds is 4. The maximum atomic E-state index is 5.56. The highest BCUT2D eigenvalue weighted by atomic mass is 15.2. The third kappa shape index (κ3) is 2.96. The zero-order valence-electron chi connectivity index (χ0n) is 9.29. The van der Waals surface area contributed by atoms with Gasteiger partial charge in [0.1, 0.15) is 0 Å². The Morgan fingerprint density at radius 2 is 2.08 bits per heavy atom. The second-order valence-electron chi connectivity index (χ2n) is 4.71. The zero-order valence-corrected chi connectivity index (χ0v) is 9.29. The van der Waals surface area contributed by atoms with Gasteiger partial charge in [-0.2, -0.15) is 0 Å². The Kier molecular flexibility index (Phi) is 4.20. The summed E-state index contributed by atoms with van der Waals surface area (Å²) < 4.78 is 0. The van der Waals surface area contributed by atoms with Gasteiger partial charge >= 0.3 is 0 Å². The molecule has 2 atom stereocenters. The van der Waals surface area contributed by atoms with Gasteiger partial charge in [-0.25, -0.2) is 0 Å². The van der Waals surface area contributed by atoms with Crippen LogP contribution < -0.4 is 5.73 Å². The fourth-order valence-electron chi connectivity index (χ4n) is 2.18. The van der Waals surface area contributed by atoms with Crippen LogP contribution in [0, 0.1) is 11.8 Å². The first-order chi connectivity index (χ1) is 6.15. The van der Waals surface area contributed by atoms with Gasteiger partial charge in [0.15, 0.2) is 0 Å². The van der Waals surface area contributed by atoms with Gasteiger partial charge in [-0.15, -0.1) is 0 Å². The molecular weight excluding hydrogens is 160 g/mol. The lowest BCUT2D eigenvalue weighted by Gasteiger charge is -2.24. The second kappa shape index (κ2) is 4.97. The van der Waals surface area contributed by atoms with Crippen molar-refractivity contribution in [1.82, 2.24) is 4.90 Å². The number of likely N-dealkylation sites (tertiary alicyclic amines) is 1. The van der Waals surface area contributed by atoms with E-state index < -0.39 is 0 Å². The molecule has 0 aromatic heterocycles. The average Bonchev–Trinajstić information content (AvgIpc) is 2.52. The summed E-state index contributed by atoms with van der Waals surface area (Å²) in [6, 6.07) is 0.689. The number of nitrogens with two attached hydrogens (primary N) is 1. The molecule has 0 bridgehead atoms. The van der Waals surface area contributed by atoms with E-state index in [1.807, 2.05) is 0 Å². The third-order valence-electron chi connectivity index (χ3n) is 3.41. The summed E-state index contributed by atoms with van der Waals surface area (Å²) >= 11 is 0. The van der Waals surface area contributed by atoms with Crippen molar-refractivity contribution in [2.24, 2.45) is 17.6 Å². The molecule has 2 nitrogen and oxygen atoms in total. The highest BCUT2D eigenvalue weighted by Crippen LogP contribution is 2.25. The Balaban J connectivity index is 2.31. The first-order valence-electron chi connectivity index (χ1n) is 5.59. The SMILES string of the molecule is CC(C)C1CCN(C(C)CCN)C1. The molecule has 0 aliphatic carbocycles. The maximum absolute atomic E-state index is 5.56. The van der Waals surface area contributed by atoms with E-state index in [1.165, 1.54) is 19.5 Å². The van der Waals surface area contributed by atoms with Crippen LogP contribution in [0.2, 0.25) is 0 Å². The minimum absolute atomic E-state index is 0.689. The molecule has 0 radical (unpaired) electrons. The van der Waals surface area contributed by atoms with E-state index in [2.05, 4.69) is 25.7 Å². The highest BCUT2D eigenvalue weighted by molar-refractivity contribution is 4.81. The number of nitrogens with zero attached hydrogens (tertiary/aromatic N) is 1. The van der Waals surface area contributed by atoms with Gasteiger partial charge in [-0.1, -0.05) is 13.8 Å². The number of hydrogen-bond donors (Lipinski definition) is 1. The van der Waals surface area contributed by atoms with Crippen LogP contribution in [0.4, 0.5) is 0 Å². The number of hydrogen-bond acceptors (Lipinski definition) is 2. The van der Waals surface area contributed by atoms with E-state index in [0.29, 0.717) is 6.04 Å². The lowest BCUT2D eigenvalue weighted by atomic mass is 9.95. The Bertz CT molecular complexity index is 145. The molecule has 2 heteroatoms. The van der Waals surface area contributed by atoms with Gasteiger partial charge in [-0.05, 0) is 44.7 Å². The summed E-state index contributed by atoms with van der Waals surface area (Å²) in [4.78, 5) is 2.59. The molecule has 1 aliphatic rings. The van der Waals surface area contributed by atoms with Crippen LogP contribution in [-0.2, 0) is 0 Å². The molecular formula is C11H24N2. The summed E-state index contributed by atoms with van der Waals surface area (Å²) in [7, 11) is 0. The van der Waals surface area contributed by atoms with Crippen molar-refractivity contribution in [3.63, 3.8) is 0 Å². The van der Waals surface area contributed by atoms with E-state index >= 15 is 0 Å². The predicted molar refractivity (Wildman–Crippen MR) is 57.7 cm³/mol. The fourth-order valence-corrected chi connectivity index (χ4v) is 2.18. The molecule has 0 aromatic carbocycles. The van der Waals surface area contributed by atoms with Crippen molar-refractivity contribution in [2.45, 2.75) is 39.7 Å². The van der Waals surface area contributed by atoms with Gasteiger partial charge in [0.05, 0.1) is 0 Å². The topological polar surface area (TPSA) is 29.3 Å². The van der Waals surface area contributed by atoms with Gasteiger partial charge in [0.25, 0.3) is 0 Å². The average molecular weight is 184 g/mol. The first-order valence-corrected chi connectivity index (χ1v) is 5.59. The molecule has 1 fully saturated rings. The fraction of sp³-hybridized carbons (Fsp3) is 1.00. The quantitative estimate of drug-likeness (QED) is 0.720. The largest absolute Gasteiger partial charge is 0.330 e. The molecule has 0 amide bonds. The molecule has 1 saturated heterocycles. The van der Waals surface area contributed by atoms with Gasteiger partial charge in [0.2, 0.25) is 0 Å². The molecule has 0 spiro atoms. The van der Waals surface area contributed by atoms with Crippen LogP contribution in [0.1, 0.15) is 33.6 Å². The van der Waals surface area contributed by atoms with Crippen LogP contribution in [0.25, 0.3) is 0 Å². The molecule has 2 unspecified atom stereocenters. The van der Waals surface area contributed by atoms with Gasteiger partial charge < -0.3 is 10.6 Å². The van der Waals surface area contributed by atoms with Crippen LogP contribution in [-0.4, -0.2) is 30.6 Å². The third-order valence-corrected chi connectivity index (χ3v) is 3.41. The first kappa shape index (κ1) is 11.0. The maximum Gasteiger partial charge on any atom is 0.00790 e. The highest BCUT2D eigenvalue weighted by Gasteiger charge is 2.27. The summed E-state index contributed by atoms with van der Waals surface area (Å²) in [5.41, 5.74) is 5.56. The molecule has 1 aliphatic heterocycles. The lowest BCUT2D eigenvalue weighted by molar-refractivity contribution is 0.231. The Morgan fingerprint density at radius 3 is 2.54 bits per heavy atom. The standard InChI is InChI=1S/C11H24N2/c1-9(2)11-5-7-13(8-11)10(3)4-6-12/h9-11H,4-8,12H2,1-3H3. The monoisotopic (exact) mass is 184 g/mol. The summed E-state index contributed by atoms with van der Waals surface area (Å²) in [5.74, 6) is 1.76. The second-order valence-corrected chi connectivity index (χ2v) is 4.71. The van der Waals surface area contributed by atoms with Crippen LogP contribution in [0.15, 0.2) is 0 Å². The van der Waals surface area contributed by atoms with E-state index in [1.54, 1.807) is 0 Å². The minimum Gasteiger partial charge on any atom is -0.330 e. The summed E-state index contributed by atoms with van der Waals surface area (Å²) in [6.45, 7) is 10.4. The van der Waals surface area contributed by atoms with Gasteiger partial charge in [-0.3, -0.25) is 0 Å². The van der Waals surface area contributed by atoms with Crippen molar-refractivity contribution in [3.05, 3.63) is 0 Å². The van der Waals surface area contributed by atoms with Crippen molar-refractivity contribution in [3.8, 4) is 0 Å². The molecule has 0 saturated carbocycles. The van der Waals surface area contributed by atoms with Crippen molar-refractivity contribution >= 4 is 0 Å². The summed E-state index contributed by atoms with van der Waals surface area (Å²) in [5, 5.41) is 0. The minimum atomic E-state index is 0.689. The molecule has 2 N–H and O–H groups in total. The normalized spacial score (nSPS) is 27.0. The zero-order chi connectivity index (χ0) is 9.84. The lowest BCUT2D eigenvalue weighted by Crippen LogP contribution is -2.33. The predicted octanol–water partition coefficient (Wildman–Crippen LogP) is 1.70. The molecule has 13 heavy (non-hydrogen) atoms. The Hall–Kier alpha value is -0.0800. The molecule has 78 valence electrons. The Morgan fingerprint density at radius 1 is 1.38 bits per heavy atom. The van der Waals surface area contributed by atoms with Gasteiger partial charge in [0, 0.05) is 12.6 Å². The molecule has 1 rings (SSSR count). The van der Waals surface area contributed by atoms with Crippen LogP contribution in [0.5, 0.6) is 0 Å². The molecule has 1 heterocycles.